The van der Waals surface area contributed by atoms with E-state index in [0.717, 1.165) is 4.90 Å². The third-order valence-corrected chi connectivity index (χ3v) is 8.10. The predicted molar refractivity (Wildman–Crippen MR) is 83.8 cm³/mol. The van der Waals surface area contributed by atoms with E-state index in [0.29, 0.717) is 0 Å². The monoisotopic (exact) mass is 427 g/mol. The summed E-state index contributed by atoms with van der Waals surface area (Å²) in [6, 6.07) is -1.32. The van der Waals surface area contributed by atoms with Gasteiger partial charge in [-0.25, -0.2) is 18.0 Å². The molecule has 0 saturated carbocycles. The van der Waals surface area contributed by atoms with Crippen molar-refractivity contribution in [1.82, 2.24) is 4.90 Å². The van der Waals surface area contributed by atoms with Gasteiger partial charge < -0.3 is 19.1 Å². The molecule has 2 aliphatic rings. The number of hydrogen-bond donors (Lipinski definition) is 0. The minimum Gasteiger partial charge on any atom is -0.435 e. The molecule has 0 N–H and O–H groups in total. The number of carbonyl (C=O) groups excluding carboxylic acids is 3. The molecular weight excluding hydrogens is 410 g/mol. The predicted octanol–water partition coefficient (Wildman–Crippen LogP) is 0.556. The van der Waals surface area contributed by atoms with Crippen molar-refractivity contribution in [2.45, 2.75) is 55.0 Å². The van der Waals surface area contributed by atoms with Crippen molar-refractivity contribution < 1.29 is 37.0 Å². The molecule has 0 bridgehead atoms. The van der Waals surface area contributed by atoms with Gasteiger partial charge in [0.1, 0.15) is 15.6 Å². The Balaban J connectivity index is 2.17. The Hall–Kier alpha value is -1.36. The number of fused-ring (bicyclic) bond motifs is 1. The summed E-state index contributed by atoms with van der Waals surface area (Å²) < 4.78 is 37.8. The van der Waals surface area contributed by atoms with Crippen LogP contribution in [-0.4, -0.2) is 65.2 Å². The number of esters is 1. The highest BCUT2D eigenvalue weighted by atomic mass is 79.9. The van der Waals surface area contributed by atoms with Gasteiger partial charge in [0.05, 0.1) is 6.61 Å². The van der Waals surface area contributed by atoms with Crippen LogP contribution in [0.4, 0.5) is 4.79 Å². The lowest BCUT2D eigenvalue weighted by atomic mass is 9.98. The number of carbonyl (C=O) groups is 3. The highest BCUT2D eigenvalue weighted by molar-refractivity contribution is 9.10. The average molecular weight is 428 g/mol. The molecule has 2 rings (SSSR count). The Morgan fingerprint density at radius 3 is 2.46 bits per heavy atom. The first-order chi connectivity index (χ1) is 11.0. The molecule has 9 nitrogen and oxygen atoms in total. The smallest absolute Gasteiger partial charge is 0.435 e. The number of β-lactam (4-membered cyclic amide) rings is 1. The SMILES string of the molecule is CCOC(=O)O[C@H](C)OC(=O)[C@@H]1N2C(=O)[C@H](Br)[C@H]2S(=O)(=O)C1(C)C. The van der Waals surface area contributed by atoms with E-state index in [1.807, 2.05) is 0 Å². The first kappa shape index (κ1) is 19.0. The van der Waals surface area contributed by atoms with Gasteiger partial charge in [0.2, 0.25) is 12.2 Å². The lowest BCUT2D eigenvalue weighted by Gasteiger charge is -2.40. The lowest BCUT2D eigenvalue weighted by Crippen LogP contribution is -2.64. The van der Waals surface area contributed by atoms with Crippen LogP contribution in [0.25, 0.3) is 0 Å². The Morgan fingerprint density at radius 1 is 1.33 bits per heavy atom. The second kappa shape index (κ2) is 6.17. The van der Waals surface area contributed by atoms with E-state index in [1.165, 1.54) is 20.8 Å². The molecule has 24 heavy (non-hydrogen) atoms. The van der Waals surface area contributed by atoms with Crippen molar-refractivity contribution in [3.8, 4) is 0 Å². The van der Waals surface area contributed by atoms with Crippen molar-refractivity contribution in [1.29, 1.82) is 0 Å². The van der Waals surface area contributed by atoms with E-state index in [4.69, 9.17) is 9.47 Å². The standard InChI is InChI=1S/C13H18BrNO8S/c1-5-21-12(18)23-6(2)22-11(17)8-13(3,4)24(19,20)10-7(14)9(16)15(8)10/h6-8,10H,5H2,1-4H3/t6-,7+,8+,10-/m1/s1. The fourth-order valence-corrected chi connectivity index (χ4v) is 6.21. The Bertz CT molecular complexity index is 675. The maximum Gasteiger partial charge on any atom is 0.511 e. The van der Waals surface area contributed by atoms with Crippen molar-refractivity contribution >= 4 is 43.8 Å². The molecule has 0 radical (unpaired) electrons. The molecule has 0 aromatic heterocycles. The molecule has 2 aliphatic heterocycles. The number of sulfone groups is 1. The van der Waals surface area contributed by atoms with E-state index in [9.17, 15) is 22.8 Å². The number of rotatable bonds is 4. The Kier molecular flexibility index (Phi) is 4.88. The summed E-state index contributed by atoms with van der Waals surface area (Å²) in [6.07, 6.45) is -2.31. The van der Waals surface area contributed by atoms with Gasteiger partial charge in [-0.2, -0.15) is 0 Å². The minimum absolute atomic E-state index is 0.0873. The van der Waals surface area contributed by atoms with Gasteiger partial charge in [-0.1, -0.05) is 15.9 Å². The molecule has 0 aromatic rings. The van der Waals surface area contributed by atoms with E-state index in [2.05, 4.69) is 20.7 Å². The fraction of sp³-hybridized carbons (Fsp3) is 0.769. The molecule has 0 unspecified atom stereocenters. The van der Waals surface area contributed by atoms with Crippen molar-refractivity contribution in [2.24, 2.45) is 0 Å². The van der Waals surface area contributed by atoms with Crippen molar-refractivity contribution in [3.63, 3.8) is 0 Å². The number of alkyl halides is 1. The molecule has 0 aliphatic carbocycles. The average Bonchev–Trinajstić information content (AvgIpc) is 2.59. The van der Waals surface area contributed by atoms with E-state index in [-0.39, 0.29) is 6.61 Å². The Labute approximate surface area is 147 Å². The van der Waals surface area contributed by atoms with Crippen LogP contribution in [0.15, 0.2) is 0 Å². The van der Waals surface area contributed by atoms with Crippen molar-refractivity contribution in [2.75, 3.05) is 6.61 Å². The Morgan fingerprint density at radius 2 is 1.92 bits per heavy atom. The molecule has 0 spiro atoms. The number of halogens is 1. The minimum atomic E-state index is -3.78. The topological polar surface area (TPSA) is 116 Å². The summed E-state index contributed by atoms with van der Waals surface area (Å²) in [5.74, 6) is -1.47. The van der Waals surface area contributed by atoms with Crippen LogP contribution in [0.5, 0.6) is 0 Å². The quantitative estimate of drug-likeness (QED) is 0.276. The largest absolute Gasteiger partial charge is 0.511 e. The summed E-state index contributed by atoms with van der Waals surface area (Å²) in [5, 5.41) is -1.11. The third kappa shape index (κ3) is 2.67. The molecule has 2 fully saturated rings. The fourth-order valence-electron chi connectivity index (χ4n) is 2.77. The highest BCUT2D eigenvalue weighted by Crippen LogP contribution is 2.48. The summed E-state index contributed by atoms with van der Waals surface area (Å²) in [7, 11) is -3.78. The van der Waals surface area contributed by atoms with Crippen LogP contribution >= 0.6 is 15.9 Å². The third-order valence-electron chi connectivity index (χ3n) is 4.03. The summed E-state index contributed by atoms with van der Waals surface area (Å²) in [5.41, 5.74) is 0. The second-order valence-corrected chi connectivity index (χ2v) is 9.51. The summed E-state index contributed by atoms with van der Waals surface area (Å²) >= 11 is 3.03. The maximum absolute atomic E-state index is 12.6. The normalized spacial score (nSPS) is 30.8. The van der Waals surface area contributed by atoms with Gasteiger partial charge in [0.25, 0.3) is 0 Å². The van der Waals surface area contributed by atoms with Gasteiger partial charge >= 0.3 is 12.1 Å². The zero-order chi connectivity index (χ0) is 18.4. The van der Waals surface area contributed by atoms with Crippen LogP contribution in [0.3, 0.4) is 0 Å². The molecule has 2 saturated heterocycles. The molecule has 2 heterocycles. The molecule has 4 atom stereocenters. The molecular formula is C13H18BrNO8S. The summed E-state index contributed by atoms with van der Waals surface area (Å²) in [4.78, 5) is 35.7. The molecule has 0 aromatic carbocycles. The lowest BCUT2D eigenvalue weighted by molar-refractivity contribution is -0.179. The van der Waals surface area contributed by atoms with Crippen molar-refractivity contribution in [3.05, 3.63) is 0 Å². The molecule has 136 valence electrons. The number of nitrogens with zero attached hydrogens (tertiary/aromatic N) is 1. The maximum atomic E-state index is 12.6. The van der Waals surface area contributed by atoms with Gasteiger partial charge in [-0.15, -0.1) is 0 Å². The van der Waals surface area contributed by atoms with Gasteiger partial charge in [-0.05, 0) is 20.8 Å². The molecule has 11 heteroatoms. The first-order valence-corrected chi connectivity index (χ1v) is 9.66. The van der Waals surface area contributed by atoms with E-state index in [1.54, 1.807) is 6.92 Å². The zero-order valence-corrected chi connectivity index (χ0v) is 15.9. The molecule has 1 amide bonds. The van der Waals surface area contributed by atoms with E-state index >= 15 is 0 Å². The van der Waals surface area contributed by atoms with Crippen LogP contribution < -0.4 is 0 Å². The number of ether oxygens (including phenoxy) is 3. The van der Waals surface area contributed by atoms with Gasteiger partial charge in [-0.3, -0.25) is 4.79 Å². The van der Waals surface area contributed by atoms with E-state index < -0.39 is 55.1 Å². The second-order valence-electron chi connectivity index (χ2n) is 5.89. The van der Waals surface area contributed by atoms with Crippen LogP contribution in [-0.2, 0) is 33.6 Å². The van der Waals surface area contributed by atoms with Gasteiger partial charge in [0, 0.05) is 6.92 Å². The van der Waals surface area contributed by atoms with Crippen LogP contribution in [0.2, 0.25) is 0 Å². The first-order valence-electron chi connectivity index (χ1n) is 7.20. The van der Waals surface area contributed by atoms with Gasteiger partial charge in [0.15, 0.2) is 15.2 Å². The summed E-state index contributed by atoms with van der Waals surface area (Å²) in [6.45, 7) is 5.67. The van der Waals surface area contributed by atoms with Crippen LogP contribution in [0.1, 0.15) is 27.7 Å². The number of hydrogen-bond acceptors (Lipinski definition) is 8. The van der Waals surface area contributed by atoms with Crippen LogP contribution in [0, 0.1) is 0 Å². The highest BCUT2D eigenvalue weighted by Gasteiger charge is 2.72. The zero-order valence-electron chi connectivity index (χ0n) is 13.5. The number of amides is 1.